The van der Waals surface area contributed by atoms with Gasteiger partial charge in [0.2, 0.25) is 0 Å². The van der Waals surface area contributed by atoms with Crippen molar-refractivity contribution in [2.75, 3.05) is 0 Å². The second-order valence-corrected chi connectivity index (χ2v) is 5.36. The Morgan fingerprint density at radius 2 is 0.833 bits per heavy atom. The highest BCUT2D eigenvalue weighted by molar-refractivity contribution is 5.59. The van der Waals surface area contributed by atoms with Gasteiger partial charge in [0, 0.05) is 24.8 Å². The number of para-hydroxylation sites is 2. The molecule has 0 aliphatic heterocycles. The first-order valence-electron chi connectivity index (χ1n) is 7.78. The molecular weight excluding hydrogens is 296 g/mol. The predicted octanol–water partition coefficient (Wildman–Crippen LogP) is 5.68. The van der Waals surface area contributed by atoms with Gasteiger partial charge in [0.05, 0.1) is 11.4 Å². The number of aromatic nitrogens is 2. The second kappa shape index (κ2) is 6.38. The Morgan fingerprint density at radius 1 is 0.458 bits per heavy atom. The molecule has 0 atom stereocenters. The van der Waals surface area contributed by atoms with E-state index in [0.717, 1.165) is 22.7 Å². The molecule has 2 aromatic carbocycles. The maximum Gasteiger partial charge on any atom is 0.110 e. The maximum atomic E-state index is 4.49. The van der Waals surface area contributed by atoms with Gasteiger partial charge in [0.1, 0.15) is 11.4 Å². The molecule has 0 spiro atoms. The van der Waals surface area contributed by atoms with Crippen LogP contribution in [0.2, 0.25) is 0 Å². The second-order valence-electron chi connectivity index (χ2n) is 5.36. The van der Waals surface area contributed by atoms with E-state index in [-0.39, 0.29) is 0 Å². The summed E-state index contributed by atoms with van der Waals surface area (Å²) in [7, 11) is 0. The fourth-order valence-electron chi connectivity index (χ4n) is 2.63. The van der Waals surface area contributed by atoms with E-state index in [9.17, 15) is 0 Å². The molecule has 2 aromatic heterocycles. The van der Waals surface area contributed by atoms with E-state index in [1.165, 1.54) is 0 Å². The van der Waals surface area contributed by atoms with E-state index in [0.29, 0.717) is 0 Å². The predicted molar refractivity (Wildman–Crippen MR) is 95.7 cm³/mol. The van der Waals surface area contributed by atoms with Crippen molar-refractivity contribution in [3.63, 3.8) is 0 Å². The van der Waals surface area contributed by atoms with Crippen LogP contribution in [-0.2, 0) is 0 Å². The lowest BCUT2D eigenvalue weighted by molar-refractivity contribution is 1.05. The number of benzene rings is 2. The van der Waals surface area contributed by atoms with Crippen molar-refractivity contribution < 1.29 is 0 Å². The molecule has 0 unspecified atom stereocenters. The Morgan fingerprint density at radius 3 is 1.25 bits per heavy atom. The summed E-state index contributed by atoms with van der Waals surface area (Å²) in [4.78, 5) is 0. The van der Waals surface area contributed by atoms with Gasteiger partial charge in [-0.1, -0.05) is 24.3 Å². The van der Waals surface area contributed by atoms with Crippen LogP contribution in [0.25, 0.3) is 11.4 Å². The molecule has 2 heterocycles. The molecule has 4 aromatic rings. The minimum absolute atomic E-state index is 0.830. The third kappa shape index (κ3) is 2.77. The van der Waals surface area contributed by atoms with Crippen LogP contribution in [0.5, 0.6) is 0 Å². The van der Waals surface area contributed by atoms with Gasteiger partial charge in [-0.15, -0.1) is 10.2 Å². The van der Waals surface area contributed by atoms with Gasteiger partial charge < -0.3 is 9.13 Å². The lowest BCUT2D eigenvalue weighted by atomic mass is 10.2. The van der Waals surface area contributed by atoms with Crippen molar-refractivity contribution in [3.05, 3.63) is 97.6 Å². The molecule has 4 nitrogen and oxygen atoms in total. The van der Waals surface area contributed by atoms with E-state index >= 15 is 0 Å². The summed E-state index contributed by atoms with van der Waals surface area (Å²) in [5.41, 5.74) is 3.67. The molecular formula is C20H16N4. The molecule has 0 aliphatic carbocycles. The topological polar surface area (TPSA) is 34.6 Å². The fourth-order valence-corrected chi connectivity index (χ4v) is 2.63. The van der Waals surface area contributed by atoms with Crippen molar-refractivity contribution in [1.82, 2.24) is 9.13 Å². The van der Waals surface area contributed by atoms with Gasteiger partial charge in [-0.25, -0.2) is 0 Å². The van der Waals surface area contributed by atoms with Crippen molar-refractivity contribution in [1.29, 1.82) is 0 Å². The van der Waals surface area contributed by atoms with E-state index in [4.69, 9.17) is 0 Å². The van der Waals surface area contributed by atoms with Crippen LogP contribution >= 0.6 is 0 Å². The first kappa shape index (κ1) is 14.2. The third-order valence-electron chi connectivity index (χ3n) is 3.79. The Kier molecular flexibility index (Phi) is 3.78. The SMILES string of the molecule is c1ccc(-n2cccc2)c(N=Nc2ccccc2-n2cccc2)c1. The van der Waals surface area contributed by atoms with Crippen LogP contribution in [0.15, 0.2) is 108 Å². The van der Waals surface area contributed by atoms with E-state index in [1.807, 2.05) is 107 Å². The monoisotopic (exact) mass is 312 g/mol. The highest BCUT2D eigenvalue weighted by atomic mass is 15.1. The van der Waals surface area contributed by atoms with Crippen LogP contribution in [0.4, 0.5) is 11.4 Å². The molecule has 24 heavy (non-hydrogen) atoms. The highest BCUT2D eigenvalue weighted by Gasteiger charge is 2.04. The Labute approximate surface area is 140 Å². The van der Waals surface area contributed by atoms with Crippen LogP contribution in [0, 0.1) is 0 Å². The molecule has 0 bridgehead atoms. The third-order valence-corrected chi connectivity index (χ3v) is 3.79. The number of hydrogen-bond acceptors (Lipinski definition) is 2. The molecule has 116 valence electrons. The minimum Gasteiger partial charge on any atom is -0.322 e. The first-order chi connectivity index (χ1) is 11.9. The van der Waals surface area contributed by atoms with Gasteiger partial charge in [-0.05, 0) is 48.5 Å². The van der Waals surface area contributed by atoms with Gasteiger partial charge in [-0.3, -0.25) is 0 Å². The molecule has 4 heteroatoms. The van der Waals surface area contributed by atoms with Crippen LogP contribution < -0.4 is 0 Å². The van der Waals surface area contributed by atoms with Crippen molar-refractivity contribution in [3.8, 4) is 11.4 Å². The fraction of sp³-hybridized carbons (Fsp3) is 0. The van der Waals surface area contributed by atoms with Crippen molar-refractivity contribution in [2.45, 2.75) is 0 Å². The molecule has 0 saturated heterocycles. The van der Waals surface area contributed by atoms with Gasteiger partial charge in [0.15, 0.2) is 0 Å². The van der Waals surface area contributed by atoms with Gasteiger partial charge in [0.25, 0.3) is 0 Å². The summed E-state index contributed by atoms with van der Waals surface area (Å²) in [5.74, 6) is 0. The molecule has 0 N–H and O–H groups in total. The zero-order valence-corrected chi connectivity index (χ0v) is 13.0. The summed E-state index contributed by atoms with van der Waals surface area (Å²) >= 11 is 0. The average Bonchev–Trinajstić information content (AvgIpc) is 3.34. The zero-order chi connectivity index (χ0) is 16.2. The summed E-state index contributed by atoms with van der Waals surface area (Å²) in [6.45, 7) is 0. The smallest absolute Gasteiger partial charge is 0.110 e. The normalized spacial score (nSPS) is 11.2. The van der Waals surface area contributed by atoms with Crippen LogP contribution in [0.3, 0.4) is 0 Å². The molecule has 0 fully saturated rings. The standard InChI is InChI=1S/C20H16N4/c1-3-11-19(23-13-5-6-14-23)17(9-1)21-22-18-10-2-4-12-20(18)24-15-7-8-16-24/h1-16H. The largest absolute Gasteiger partial charge is 0.322 e. The zero-order valence-electron chi connectivity index (χ0n) is 13.0. The lowest BCUT2D eigenvalue weighted by Gasteiger charge is -2.07. The van der Waals surface area contributed by atoms with Gasteiger partial charge >= 0.3 is 0 Å². The summed E-state index contributed by atoms with van der Waals surface area (Å²) in [5, 5.41) is 8.99. The van der Waals surface area contributed by atoms with E-state index in [1.54, 1.807) is 0 Å². The van der Waals surface area contributed by atoms with Crippen molar-refractivity contribution >= 4 is 11.4 Å². The number of azo groups is 1. The van der Waals surface area contributed by atoms with Crippen LogP contribution in [0.1, 0.15) is 0 Å². The molecule has 0 amide bonds. The Balaban J connectivity index is 1.73. The summed E-state index contributed by atoms with van der Waals surface area (Å²) in [6.07, 6.45) is 8.01. The maximum absolute atomic E-state index is 4.49. The number of rotatable bonds is 4. The van der Waals surface area contributed by atoms with Crippen molar-refractivity contribution in [2.24, 2.45) is 10.2 Å². The summed E-state index contributed by atoms with van der Waals surface area (Å²) in [6, 6.07) is 23.9. The lowest BCUT2D eigenvalue weighted by Crippen LogP contribution is -1.90. The van der Waals surface area contributed by atoms with Crippen LogP contribution in [-0.4, -0.2) is 9.13 Å². The first-order valence-corrected chi connectivity index (χ1v) is 7.78. The Hall–Kier alpha value is -3.40. The average molecular weight is 312 g/mol. The minimum atomic E-state index is 0.830. The van der Waals surface area contributed by atoms with E-state index < -0.39 is 0 Å². The molecule has 0 saturated carbocycles. The quantitative estimate of drug-likeness (QED) is 0.434. The highest BCUT2D eigenvalue weighted by Crippen LogP contribution is 2.28. The molecule has 4 rings (SSSR count). The van der Waals surface area contributed by atoms with E-state index in [2.05, 4.69) is 10.2 Å². The molecule has 0 radical (unpaired) electrons. The summed E-state index contributed by atoms with van der Waals surface area (Å²) < 4.78 is 4.07. The number of nitrogens with zero attached hydrogens (tertiary/aromatic N) is 4. The van der Waals surface area contributed by atoms with Gasteiger partial charge in [-0.2, -0.15) is 0 Å². The number of hydrogen-bond donors (Lipinski definition) is 0. The Bertz CT molecular complexity index is 871. The molecule has 0 aliphatic rings.